The zero-order valence-electron chi connectivity index (χ0n) is 15.9. The third-order valence-corrected chi connectivity index (χ3v) is 4.84. The smallest absolute Gasteiger partial charge is 0.253 e. The van der Waals surface area contributed by atoms with Gasteiger partial charge in [0.25, 0.3) is 5.91 Å². The van der Waals surface area contributed by atoms with Crippen molar-refractivity contribution in [2.24, 2.45) is 0 Å². The molecule has 3 rings (SSSR count). The number of fused-ring (bicyclic) bond motifs is 1. The van der Waals surface area contributed by atoms with Gasteiger partial charge in [-0.15, -0.1) is 0 Å². The van der Waals surface area contributed by atoms with Crippen LogP contribution in [0.15, 0.2) is 36.4 Å². The van der Waals surface area contributed by atoms with Crippen molar-refractivity contribution in [1.29, 1.82) is 0 Å². The number of hydrogen-bond acceptors (Lipinski definition) is 4. The molecule has 0 bridgehead atoms. The third kappa shape index (κ3) is 3.90. The van der Waals surface area contributed by atoms with E-state index in [0.717, 1.165) is 11.1 Å². The summed E-state index contributed by atoms with van der Waals surface area (Å²) in [6.07, 6.45) is 0.657. The summed E-state index contributed by atoms with van der Waals surface area (Å²) < 4.78 is 25.7. The number of hydroxylamine groups is 1. The number of carbonyl (C=O) groups is 1. The van der Waals surface area contributed by atoms with E-state index in [-0.39, 0.29) is 18.0 Å². The van der Waals surface area contributed by atoms with E-state index in [2.05, 4.69) is 0 Å². The molecule has 1 aliphatic heterocycles. The molecule has 5 nitrogen and oxygen atoms in total. The van der Waals surface area contributed by atoms with Gasteiger partial charge in [0.1, 0.15) is 29.5 Å². The predicted octanol–water partition coefficient (Wildman–Crippen LogP) is 3.90. The van der Waals surface area contributed by atoms with Crippen LogP contribution in [0.2, 0.25) is 0 Å². The van der Waals surface area contributed by atoms with E-state index in [1.807, 2.05) is 13.8 Å². The molecule has 0 fully saturated rings. The molecule has 2 aromatic rings. The van der Waals surface area contributed by atoms with E-state index >= 15 is 0 Å². The number of carbonyl (C=O) groups excluding carboxylic acids is 1. The van der Waals surface area contributed by atoms with Gasteiger partial charge in [0, 0.05) is 17.5 Å². The summed E-state index contributed by atoms with van der Waals surface area (Å²) in [4.78, 5) is 11.8. The molecule has 0 spiro atoms. The van der Waals surface area contributed by atoms with Crippen LogP contribution in [0.4, 0.5) is 4.39 Å². The molecule has 0 aliphatic carbocycles. The van der Waals surface area contributed by atoms with Crippen LogP contribution in [0.1, 0.15) is 44.4 Å². The Hall–Kier alpha value is -2.60. The first kappa shape index (κ1) is 19.2. The first-order valence-corrected chi connectivity index (χ1v) is 8.80. The van der Waals surface area contributed by atoms with Crippen molar-refractivity contribution in [2.45, 2.75) is 51.7 Å². The van der Waals surface area contributed by atoms with Crippen LogP contribution < -0.4 is 15.0 Å². The molecule has 0 saturated heterocycles. The molecule has 27 heavy (non-hydrogen) atoms. The average molecular weight is 373 g/mol. The number of amides is 1. The number of ether oxygens (including phenoxy) is 2. The molecule has 0 saturated carbocycles. The first-order chi connectivity index (χ1) is 12.6. The van der Waals surface area contributed by atoms with E-state index in [0.29, 0.717) is 23.5 Å². The molecule has 0 atom stereocenters. The maximum atomic E-state index is 13.9. The second kappa shape index (κ2) is 6.85. The molecular weight excluding hydrogens is 349 g/mol. The number of halogens is 1. The Morgan fingerprint density at radius 1 is 1.30 bits per heavy atom. The number of rotatable bonds is 5. The van der Waals surface area contributed by atoms with E-state index in [1.54, 1.807) is 43.6 Å². The quantitative estimate of drug-likeness (QED) is 0.616. The minimum Gasteiger partial charge on any atom is -0.489 e. The van der Waals surface area contributed by atoms with E-state index in [4.69, 9.17) is 14.7 Å². The van der Waals surface area contributed by atoms with Crippen LogP contribution in [0.25, 0.3) is 0 Å². The SMILES string of the molecule is CC1(C)Cc2cc(F)cc(COc3ccc(C(C)(C)C(=O)NO)cc3)c2O1. The number of nitrogens with one attached hydrogen (secondary N) is 1. The van der Waals surface area contributed by atoms with Crippen molar-refractivity contribution in [1.82, 2.24) is 5.48 Å². The van der Waals surface area contributed by atoms with Gasteiger partial charge in [-0.1, -0.05) is 12.1 Å². The largest absolute Gasteiger partial charge is 0.489 e. The minimum atomic E-state index is -0.879. The molecule has 1 heterocycles. The van der Waals surface area contributed by atoms with Crippen molar-refractivity contribution in [2.75, 3.05) is 0 Å². The van der Waals surface area contributed by atoms with E-state index in [1.165, 1.54) is 12.1 Å². The lowest BCUT2D eigenvalue weighted by Gasteiger charge is -2.22. The summed E-state index contributed by atoms with van der Waals surface area (Å²) in [7, 11) is 0. The zero-order chi connectivity index (χ0) is 19.8. The van der Waals surface area contributed by atoms with Crippen LogP contribution in [0, 0.1) is 5.82 Å². The molecule has 0 radical (unpaired) electrons. The second-order valence-electron chi connectivity index (χ2n) is 7.97. The van der Waals surface area contributed by atoms with Crippen LogP contribution in [-0.2, 0) is 23.2 Å². The Kier molecular flexibility index (Phi) is 4.86. The summed E-state index contributed by atoms with van der Waals surface area (Å²) in [6, 6.07) is 9.96. The highest BCUT2D eigenvalue weighted by Crippen LogP contribution is 2.38. The van der Waals surface area contributed by atoms with Crippen LogP contribution in [0.5, 0.6) is 11.5 Å². The summed E-state index contributed by atoms with van der Waals surface area (Å²) in [5.74, 6) is 0.486. The van der Waals surface area contributed by atoms with E-state index < -0.39 is 11.3 Å². The lowest BCUT2D eigenvalue weighted by atomic mass is 9.84. The molecule has 6 heteroatoms. The second-order valence-corrected chi connectivity index (χ2v) is 7.97. The van der Waals surface area contributed by atoms with Crippen molar-refractivity contribution in [3.05, 3.63) is 58.9 Å². The highest BCUT2D eigenvalue weighted by atomic mass is 19.1. The van der Waals surface area contributed by atoms with Gasteiger partial charge in [0.05, 0.1) is 5.41 Å². The number of hydrogen-bond donors (Lipinski definition) is 2. The van der Waals surface area contributed by atoms with Crippen LogP contribution >= 0.6 is 0 Å². The molecule has 1 aliphatic rings. The van der Waals surface area contributed by atoms with Crippen molar-refractivity contribution >= 4 is 5.91 Å². The van der Waals surface area contributed by atoms with Crippen molar-refractivity contribution in [3.8, 4) is 11.5 Å². The Balaban J connectivity index is 1.75. The van der Waals surface area contributed by atoms with Gasteiger partial charge in [-0.2, -0.15) is 0 Å². The van der Waals surface area contributed by atoms with Gasteiger partial charge in [-0.25, -0.2) is 9.87 Å². The molecule has 2 aromatic carbocycles. The zero-order valence-corrected chi connectivity index (χ0v) is 15.9. The summed E-state index contributed by atoms with van der Waals surface area (Å²) >= 11 is 0. The Morgan fingerprint density at radius 2 is 1.96 bits per heavy atom. The minimum absolute atomic E-state index is 0.177. The van der Waals surface area contributed by atoms with Crippen molar-refractivity contribution in [3.63, 3.8) is 0 Å². The molecule has 0 aromatic heterocycles. The lowest BCUT2D eigenvalue weighted by Crippen LogP contribution is -2.38. The fraction of sp³-hybridized carbons (Fsp3) is 0.381. The summed E-state index contributed by atoms with van der Waals surface area (Å²) in [5, 5.41) is 8.87. The Bertz CT molecular complexity index is 859. The maximum absolute atomic E-state index is 13.9. The molecule has 0 unspecified atom stereocenters. The molecule has 1 amide bonds. The van der Waals surface area contributed by atoms with Gasteiger partial charge >= 0.3 is 0 Å². The average Bonchev–Trinajstić information content (AvgIpc) is 2.93. The Morgan fingerprint density at radius 3 is 2.59 bits per heavy atom. The standard InChI is InChI=1S/C21H24FNO4/c1-20(2)11-13-9-16(22)10-14(18(13)27-20)12-26-17-7-5-15(6-8-17)21(3,4)19(24)23-25/h5-10,25H,11-12H2,1-4H3,(H,23,24). The number of benzene rings is 2. The molecule has 2 N–H and O–H groups in total. The van der Waals surface area contributed by atoms with Gasteiger partial charge in [-0.05, 0) is 57.5 Å². The predicted molar refractivity (Wildman–Crippen MR) is 98.5 cm³/mol. The Labute approximate surface area is 158 Å². The first-order valence-electron chi connectivity index (χ1n) is 8.80. The van der Waals surface area contributed by atoms with E-state index in [9.17, 15) is 9.18 Å². The van der Waals surface area contributed by atoms with Gasteiger partial charge in [-0.3, -0.25) is 10.0 Å². The molecule has 144 valence electrons. The monoisotopic (exact) mass is 373 g/mol. The topological polar surface area (TPSA) is 67.8 Å². The summed E-state index contributed by atoms with van der Waals surface area (Å²) in [5.41, 5.74) is 2.70. The fourth-order valence-electron chi connectivity index (χ4n) is 3.25. The maximum Gasteiger partial charge on any atom is 0.253 e. The lowest BCUT2D eigenvalue weighted by molar-refractivity contribution is -0.134. The van der Waals surface area contributed by atoms with Crippen LogP contribution in [0.3, 0.4) is 0 Å². The summed E-state index contributed by atoms with van der Waals surface area (Å²) in [6.45, 7) is 7.54. The highest BCUT2D eigenvalue weighted by Gasteiger charge is 2.32. The molecular formula is C21H24FNO4. The normalized spacial score (nSPS) is 15.0. The fourth-order valence-corrected chi connectivity index (χ4v) is 3.25. The van der Waals surface area contributed by atoms with Gasteiger partial charge in [0.2, 0.25) is 0 Å². The van der Waals surface area contributed by atoms with Crippen molar-refractivity contribution < 1.29 is 23.9 Å². The van der Waals surface area contributed by atoms with Gasteiger partial charge < -0.3 is 9.47 Å². The van der Waals surface area contributed by atoms with Gasteiger partial charge in [0.15, 0.2) is 0 Å². The highest BCUT2D eigenvalue weighted by molar-refractivity contribution is 5.86. The third-order valence-electron chi connectivity index (χ3n) is 4.84. The van der Waals surface area contributed by atoms with Crippen LogP contribution in [-0.4, -0.2) is 16.7 Å².